The molecule has 1 heterocycles. The normalized spacial score (nSPS) is 27.7. The van der Waals surface area contributed by atoms with Crippen molar-refractivity contribution in [3.8, 4) is 0 Å². The summed E-state index contributed by atoms with van der Waals surface area (Å²) in [7, 11) is 0. The van der Waals surface area contributed by atoms with Crippen LogP contribution in [0.5, 0.6) is 0 Å². The Balaban J connectivity index is 1.56. The quantitative estimate of drug-likeness (QED) is 0.604. The van der Waals surface area contributed by atoms with E-state index in [1.807, 2.05) is 0 Å². The van der Waals surface area contributed by atoms with Gasteiger partial charge in [-0.3, -0.25) is 25.2 Å². The molecule has 3 fully saturated rings. The first-order valence-electron chi connectivity index (χ1n) is 5.76. The summed E-state index contributed by atoms with van der Waals surface area (Å²) in [6, 6.07) is 2.49. The van der Waals surface area contributed by atoms with Gasteiger partial charge in [-0.2, -0.15) is 5.10 Å². The Hall–Kier alpha value is -2.18. The molecular weight excluding hydrogens is 236 g/mol. The topological polar surface area (TPSA) is 104 Å². The number of hydrogen-bond donors (Lipinski definition) is 3. The van der Waals surface area contributed by atoms with Gasteiger partial charge in [0.25, 0.3) is 11.5 Å². The first-order valence-corrected chi connectivity index (χ1v) is 5.76. The highest BCUT2D eigenvalue weighted by Crippen LogP contribution is 2.64. The molecule has 4 rings (SSSR count). The number of nitrogens with one attached hydrogen (secondary N) is 3. The van der Waals surface area contributed by atoms with E-state index >= 15 is 0 Å². The third kappa shape index (κ3) is 1.59. The number of carbonyl (C=O) groups is 2. The van der Waals surface area contributed by atoms with Crippen molar-refractivity contribution in [2.45, 2.75) is 19.3 Å². The van der Waals surface area contributed by atoms with E-state index in [1.165, 1.54) is 12.1 Å². The monoisotopic (exact) mass is 248 g/mol. The maximum absolute atomic E-state index is 11.8. The Kier molecular flexibility index (Phi) is 2.22. The van der Waals surface area contributed by atoms with Crippen LogP contribution in [0.2, 0.25) is 0 Å². The SMILES string of the molecule is O=C(NNC(=O)C12CC(C1)C2)c1ccc(=O)[nH]n1. The van der Waals surface area contributed by atoms with E-state index < -0.39 is 5.91 Å². The van der Waals surface area contributed by atoms with Gasteiger partial charge < -0.3 is 0 Å². The molecule has 2 bridgehead atoms. The van der Waals surface area contributed by atoms with Crippen LogP contribution >= 0.6 is 0 Å². The number of amides is 2. The highest BCUT2D eigenvalue weighted by Gasteiger charge is 2.61. The van der Waals surface area contributed by atoms with Gasteiger partial charge in [-0.15, -0.1) is 0 Å². The summed E-state index contributed by atoms with van der Waals surface area (Å²) in [5, 5.41) is 5.71. The van der Waals surface area contributed by atoms with Crippen molar-refractivity contribution in [3.63, 3.8) is 0 Å². The lowest BCUT2D eigenvalue weighted by Crippen LogP contribution is -2.62. The van der Waals surface area contributed by atoms with Crippen LogP contribution in [-0.4, -0.2) is 22.0 Å². The number of carbonyl (C=O) groups excluding carboxylic acids is 2. The molecule has 0 unspecified atom stereocenters. The molecule has 3 N–H and O–H groups in total. The van der Waals surface area contributed by atoms with Crippen LogP contribution < -0.4 is 16.4 Å². The molecule has 1 aromatic rings. The van der Waals surface area contributed by atoms with Crippen molar-refractivity contribution < 1.29 is 9.59 Å². The predicted octanol–water partition coefficient (Wildman–Crippen LogP) is -0.669. The first-order chi connectivity index (χ1) is 8.59. The van der Waals surface area contributed by atoms with Gasteiger partial charge in [-0.25, -0.2) is 5.10 Å². The Labute approximate surface area is 102 Å². The van der Waals surface area contributed by atoms with Gasteiger partial charge >= 0.3 is 0 Å². The summed E-state index contributed by atoms with van der Waals surface area (Å²) in [5.74, 6) is 0.0151. The van der Waals surface area contributed by atoms with E-state index in [0.29, 0.717) is 5.92 Å². The van der Waals surface area contributed by atoms with Crippen LogP contribution in [0.4, 0.5) is 0 Å². The van der Waals surface area contributed by atoms with Crippen molar-refractivity contribution in [3.05, 3.63) is 28.2 Å². The Bertz CT molecular complexity index is 542. The molecule has 0 aliphatic heterocycles. The van der Waals surface area contributed by atoms with Gasteiger partial charge in [0.05, 0.1) is 5.41 Å². The average molecular weight is 248 g/mol. The summed E-state index contributed by atoms with van der Waals surface area (Å²) < 4.78 is 0. The minimum absolute atomic E-state index is 0.0486. The van der Waals surface area contributed by atoms with Crippen LogP contribution in [0.3, 0.4) is 0 Å². The van der Waals surface area contributed by atoms with Crippen molar-refractivity contribution in [1.82, 2.24) is 21.0 Å². The lowest BCUT2D eigenvalue weighted by Gasteiger charge is -2.59. The maximum Gasteiger partial charge on any atom is 0.290 e. The molecular formula is C11H12N4O3. The minimum atomic E-state index is -0.550. The average Bonchev–Trinajstić information content (AvgIpc) is 2.22. The van der Waals surface area contributed by atoms with Crippen molar-refractivity contribution in [2.24, 2.45) is 11.3 Å². The summed E-state index contributed by atoms with van der Waals surface area (Å²) in [6.07, 6.45) is 2.77. The number of rotatable bonds is 2. The second kappa shape index (κ2) is 3.66. The fourth-order valence-corrected chi connectivity index (χ4v) is 2.54. The lowest BCUT2D eigenvalue weighted by atomic mass is 9.44. The number of hydrazine groups is 1. The smallest absolute Gasteiger partial charge is 0.273 e. The molecule has 0 spiro atoms. The van der Waals surface area contributed by atoms with Crippen LogP contribution in [-0.2, 0) is 4.79 Å². The molecule has 18 heavy (non-hydrogen) atoms. The second-order valence-corrected chi connectivity index (χ2v) is 4.97. The van der Waals surface area contributed by atoms with Crippen LogP contribution in [0.25, 0.3) is 0 Å². The van der Waals surface area contributed by atoms with Crippen LogP contribution in [0.15, 0.2) is 16.9 Å². The fourth-order valence-electron chi connectivity index (χ4n) is 2.54. The zero-order valence-electron chi connectivity index (χ0n) is 9.53. The van der Waals surface area contributed by atoms with E-state index in [2.05, 4.69) is 21.0 Å². The number of aromatic nitrogens is 2. The summed E-state index contributed by atoms with van der Waals surface area (Å²) in [5.41, 5.74) is 4.12. The summed E-state index contributed by atoms with van der Waals surface area (Å²) >= 11 is 0. The van der Waals surface area contributed by atoms with Crippen molar-refractivity contribution >= 4 is 11.8 Å². The zero-order valence-corrected chi connectivity index (χ0v) is 9.53. The third-order valence-corrected chi connectivity index (χ3v) is 3.72. The van der Waals surface area contributed by atoms with E-state index in [9.17, 15) is 14.4 Å². The number of aromatic amines is 1. The van der Waals surface area contributed by atoms with Crippen LogP contribution in [0.1, 0.15) is 29.8 Å². The first kappa shape index (κ1) is 10.9. The lowest BCUT2D eigenvalue weighted by molar-refractivity contribution is -0.165. The van der Waals surface area contributed by atoms with E-state index in [1.54, 1.807) is 0 Å². The van der Waals surface area contributed by atoms with E-state index in [0.717, 1.165) is 19.3 Å². The minimum Gasteiger partial charge on any atom is -0.273 e. The van der Waals surface area contributed by atoms with Crippen molar-refractivity contribution in [2.75, 3.05) is 0 Å². The van der Waals surface area contributed by atoms with Gasteiger partial charge in [0, 0.05) is 6.07 Å². The summed E-state index contributed by atoms with van der Waals surface area (Å²) in [4.78, 5) is 34.1. The summed E-state index contributed by atoms with van der Waals surface area (Å²) in [6.45, 7) is 0. The van der Waals surface area contributed by atoms with Gasteiger partial charge in [0.15, 0.2) is 5.69 Å². The van der Waals surface area contributed by atoms with Gasteiger partial charge in [0.1, 0.15) is 0 Å². The van der Waals surface area contributed by atoms with Gasteiger partial charge in [-0.05, 0) is 31.2 Å². The molecule has 0 atom stereocenters. The molecule has 3 aliphatic rings. The Morgan fingerprint density at radius 3 is 2.50 bits per heavy atom. The molecule has 0 radical (unpaired) electrons. The molecule has 1 aromatic heterocycles. The third-order valence-electron chi connectivity index (χ3n) is 3.72. The molecule has 7 nitrogen and oxygen atoms in total. The predicted molar refractivity (Wildman–Crippen MR) is 60.2 cm³/mol. The molecule has 3 aliphatic carbocycles. The maximum atomic E-state index is 11.8. The number of hydrogen-bond acceptors (Lipinski definition) is 4. The number of H-pyrrole nitrogens is 1. The highest BCUT2D eigenvalue weighted by atomic mass is 16.2. The highest BCUT2D eigenvalue weighted by molar-refractivity contribution is 5.94. The van der Waals surface area contributed by atoms with E-state index in [4.69, 9.17) is 0 Å². The fraction of sp³-hybridized carbons (Fsp3) is 0.455. The van der Waals surface area contributed by atoms with Gasteiger partial charge in [-0.1, -0.05) is 0 Å². The van der Waals surface area contributed by atoms with Gasteiger partial charge in [0.2, 0.25) is 5.91 Å². The zero-order chi connectivity index (χ0) is 12.8. The molecule has 2 amide bonds. The van der Waals surface area contributed by atoms with Crippen molar-refractivity contribution in [1.29, 1.82) is 0 Å². The molecule has 0 saturated heterocycles. The molecule has 7 heteroatoms. The molecule has 94 valence electrons. The van der Waals surface area contributed by atoms with E-state index in [-0.39, 0.29) is 22.6 Å². The molecule has 0 aromatic carbocycles. The number of nitrogens with zero attached hydrogens (tertiary/aromatic N) is 1. The molecule has 3 saturated carbocycles. The van der Waals surface area contributed by atoms with Crippen LogP contribution in [0, 0.1) is 11.3 Å². The second-order valence-electron chi connectivity index (χ2n) is 4.97. The largest absolute Gasteiger partial charge is 0.290 e. The Morgan fingerprint density at radius 2 is 2.00 bits per heavy atom. The Morgan fingerprint density at radius 1 is 1.28 bits per heavy atom. The standard InChI is InChI=1S/C11H12N4O3/c16-8-2-1-7(12-13-8)9(17)14-15-10(18)11-3-6(4-11)5-11/h1-2,6H,3-5H2,(H,13,16)(H,14,17)(H,15,18).